The molecule has 0 saturated carbocycles. The molecule has 1 atom stereocenters. The molecular formula is C24H24ClN5O5S. The fraction of sp³-hybridized carbons (Fsp3) is 0.250. The Bertz CT molecular complexity index is 1380. The van der Waals surface area contributed by atoms with Gasteiger partial charge in [0.15, 0.2) is 15.5 Å². The highest BCUT2D eigenvalue weighted by Crippen LogP contribution is 2.27. The summed E-state index contributed by atoms with van der Waals surface area (Å²) in [7, 11) is -3.51. The van der Waals surface area contributed by atoms with Crippen LogP contribution in [-0.4, -0.2) is 55.1 Å². The van der Waals surface area contributed by atoms with Crippen molar-refractivity contribution in [2.45, 2.75) is 24.3 Å². The standard InChI is InChI=1S/C24H24ClN5O5S/c1-2-36(33,34)17-6-7-18(20(12-17)35-16-9-11-26-14-16)23(31)29-19-4-3-10-27-22(19)24(32)30-21-8-5-15(25)13-28-21/h3-8,10,12-13,16,26H,2,9,11,14H2,1H3,(H,29,31)(H,28,30,32)/t16-/m0/s1. The normalized spacial score (nSPS) is 15.3. The third-order valence-electron chi connectivity index (χ3n) is 5.49. The van der Waals surface area contributed by atoms with Crippen molar-refractivity contribution in [1.29, 1.82) is 0 Å². The van der Waals surface area contributed by atoms with E-state index in [1.54, 1.807) is 19.1 Å². The quantitative estimate of drug-likeness (QED) is 0.404. The number of amides is 2. The summed E-state index contributed by atoms with van der Waals surface area (Å²) in [6.07, 6.45) is 3.33. The van der Waals surface area contributed by atoms with Crippen molar-refractivity contribution in [3.8, 4) is 5.75 Å². The number of ether oxygens (including phenoxy) is 1. The van der Waals surface area contributed by atoms with Crippen LogP contribution < -0.4 is 20.7 Å². The van der Waals surface area contributed by atoms with Crippen LogP contribution in [0, 0.1) is 0 Å². The summed E-state index contributed by atoms with van der Waals surface area (Å²) < 4.78 is 30.8. The van der Waals surface area contributed by atoms with Gasteiger partial charge in [0.1, 0.15) is 17.7 Å². The van der Waals surface area contributed by atoms with Gasteiger partial charge in [0.25, 0.3) is 11.8 Å². The minimum atomic E-state index is -3.51. The smallest absolute Gasteiger partial charge is 0.277 e. The Kier molecular flexibility index (Phi) is 7.82. The predicted octanol–water partition coefficient (Wildman–Crippen LogP) is 3.17. The lowest BCUT2D eigenvalue weighted by molar-refractivity contribution is 0.102. The van der Waals surface area contributed by atoms with Gasteiger partial charge in [0, 0.05) is 18.9 Å². The maximum atomic E-state index is 13.3. The molecule has 3 aromatic rings. The summed E-state index contributed by atoms with van der Waals surface area (Å²) in [4.78, 5) is 34.3. The molecule has 4 rings (SSSR count). The molecule has 0 unspecified atom stereocenters. The molecular weight excluding hydrogens is 506 g/mol. The third-order valence-corrected chi connectivity index (χ3v) is 7.44. The lowest BCUT2D eigenvalue weighted by Crippen LogP contribution is -2.23. The molecule has 1 saturated heterocycles. The van der Waals surface area contributed by atoms with E-state index in [-0.39, 0.29) is 45.3 Å². The number of benzene rings is 1. The Morgan fingerprint density at radius 3 is 2.67 bits per heavy atom. The van der Waals surface area contributed by atoms with Crippen LogP contribution in [-0.2, 0) is 9.84 Å². The van der Waals surface area contributed by atoms with Gasteiger partial charge < -0.3 is 20.7 Å². The van der Waals surface area contributed by atoms with Gasteiger partial charge in [-0.15, -0.1) is 0 Å². The second-order valence-electron chi connectivity index (χ2n) is 7.96. The van der Waals surface area contributed by atoms with E-state index in [0.29, 0.717) is 11.6 Å². The van der Waals surface area contributed by atoms with Crippen LogP contribution in [0.5, 0.6) is 5.75 Å². The molecule has 3 N–H and O–H groups in total. The van der Waals surface area contributed by atoms with Crippen molar-refractivity contribution in [2.75, 3.05) is 29.5 Å². The molecule has 1 fully saturated rings. The lowest BCUT2D eigenvalue weighted by atomic mass is 10.1. The molecule has 1 aromatic carbocycles. The molecule has 2 aromatic heterocycles. The zero-order valence-corrected chi connectivity index (χ0v) is 20.9. The molecule has 1 aliphatic heterocycles. The SMILES string of the molecule is CCS(=O)(=O)c1ccc(C(=O)Nc2cccnc2C(=O)Nc2ccc(Cl)cn2)c(O[C@H]2CCNC2)c1. The number of nitrogens with one attached hydrogen (secondary N) is 3. The van der Waals surface area contributed by atoms with Crippen molar-refractivity contribution in [2.24, 2.45) is 0 Å². The van der Waals surface area contributed by atoms with Crippen molar-refractivity contribution in [3.05, 3.63) is 71.1 Å². The number of sulfone groups is 1. The predicted molar refractivity (Wildman–Crippen MR) is 135 cm³/mol. The first-order valence-electron chi connectivity index (χ1n) is 11.2. The number of hydrogen-bond donors (Lipinski definition) is 3. The Morgan fingerprint density at radius 2 is 1.97 bits per heavy atom. The molecule has 0 radical (unpaired) electrons. The largest absolute Gasteiger partial charge is 0.488 e. The zero-order chi connectivity index (χ0) is 25.7. The summed E-state index contributed by atoms with van der Waals surface area (Å²) in [6.45, 7) is 2.89. The Labute approximate surface area is 213 Å². The molecule has 188 valence electrons. The van der Waals surface area contributed by atoms with Crippen molar-refractivity contribution < 1.29 is 22.7 Å². The summed E-state index contributed by atoms with van der Waals surface area (Å²) in [5, 5.41) is 8.89. The van der Waals surface area contributed by atoms with Crippen LogP contribution in [0.15, 0.2) is 59.8 Å². The number of carbonyl (C=O) groups excluding carboxylic acids is 2. The molecule has 36 heavy (non-hydrogen) atoms. The average molecular weight is 530 g/mol. The highest BCUT2D eigenvalue weighted by atomic mass is 35.5. The second kappa shape index (κ2) is 11.0. The van der Waals surface area contributed by atoms with Crippen molar-refractivity contribution >= 4 is 44.8 Å². The van der Waals surface area contributed by atoms with Gasteiger partial charge in [-0.05, 0) is 55.4 Å². The van der Waals surface area contributed by atoms with E-state index < -0.39 is 21.7 Å². The maximum absolute atomic E-state index is 13.3. The molecule has 2 amide bonds. The number of anilines is 2. The molecule has 3 heterocycles. The van der Waals surface area contributed by atoms with Crippen LogP contribution in [0.2, 0.25) is 5.02 Å². The zero-order valence-electron chi connectivity index (χ0n) is 19.3. The van der Waals surface area contributed by atoms with Gasteiger partial charge in [0.2, 0.25) is 0 Å². The summed E-state index contributed by atoms with van der Waals surface area (Å²) >= 11 is 5.83. The Morgan fingerprint density at radius 1 is 1.14 bits per heavy atom. The number of rotatable bonds is 8. The number of nitrogens with zero attached hydrogens (tertiary/aromatic N) is 2. The molecule has 10 nitrogen and oxygen atoms in total. The number of hydrogen-bond acceptors (Lipinski definition) is 8. The second-order valence-corrected chi connectivity index (χ2v) is 10.7. The molecule has 12 heteroatoms. The molecule has 0 bridgehead atoms. The van der Waals surface area contributed by atoms with Crippen molar-refractivity contribution in [3.63, 3.8) is 0 Å². The molecule has 1 aliphatic rings. The first-order valence-corrected chi connectivity index (χ1v) is 13.2. The van der Waals surface area contributed by atoms with E-state index in [1.807, 2.05) is 0 Å². The van der Waals surface area contributed by atoms with E-state index in [1.165, 1.54) is 42.7 Å². The Hall–Kier alpha value is -3.54. The van der Waals surface area contributed by atoms with E-state index in [0.717, 1.165) is 13.0 Å². The maximum Gasteiger partial charge on any atom is 0.277 e. The first-order chi connectivity index (χ1) is 17.3. The van der Waals surface area contributed by atoms with Gasteiger partial charge >= 0.3 is 0 Å². The molecule has 0 aliphatic carbocycles. The van der Waals surface area contributed by atoms with Gasteiger partial charge in [-0.25, -0.2) is 18.4 Å². The van der Waals surface area contributed by atoms with Crippen molar-refractivity contribution in [1.82, 2.24) is 15.3 Å². The van der Waals surface area contributed by atoms with Crippen LogP contribution in [0.1, 0.15) is 34.2 Å². The number of aromatic nitrogens is 2. The highest BCUT2D eigenvalue weighted by Gasteiger charge is 2.24. The van der Waals surface area contributed by atoms with Gasteiger partial charge in [-0.3, -0.25) is 9.59 Å². The fourth-order valence-electron chi connectivity index (χ4n) is 3.56. The van der Waals surface area contributed by atoms with E-state index >= 15 is 0 Å². The minimum Gasteiger partial charge on any atom is -0.488 e. The monoisotopic (exact) mass is 529 g/mol. The lowest BCUT2D eigenvalue weighted by Gasteiger charge is -2.17. The average Bonchev–Trinajstić information content (AvgIpc) is 3.38. The van der Waals surface area contributed by atoms with Crippen LogP contribution in [0.25, 0.3) is 0 Å². The first kappa shape index (κ1) is 25.5. The third kappa shape index (κ3) is 5.99. The number of carbonyl (C=O) groups is 2. The molecule has 0 spiro atoms. The topological polar surface area (TPSA) is 139 Å². The summed E-state index contributed by atoms with van der Waals surface area (Å²) in [5.74, 6) is -0.835. The van der Waals surface area contributed by atoms with Crippen LogP contribution in [0.3, 0.4) is 0 Å². The highest BCUT2D eigenvalue weighted by molar-refractivity contribution is 7.91. The summed E-state index contributed by atoms with van der Waals surface area (Å²) in [6, 6.07) is 10.4. The van der Waals surface area contributed by atoms with E-state index in [4.69, 9.17) is 16.3 Å². The van der Waals surface area contributed by atoms with Gasteiger partial charge in [-0.2, -0.15) is 0 Å². The Balaban J connectivity index is 1.60. The van der Waals surface area contributed by atoms with E-state index in [9.17, 15) is 18.0 Å². The van der Waals surface area contributed by atoms with Crippen LogP contribution >= 0.6 is 11.6 Å². The number of pyridine rings is 2. The fourth-order valence-corrected chi connectivity index (χ4v) is 4.57. The summed E-state index contributed by atoms with van der Waals surface area (Å²) in [5.41, 5.74) is 0.259. The van der Waals surface area contributed by atoms with Crippen LogP contribution in [0.4, 0.5) is 11.5 Å². The number of halogens is 1. The van der Waals surface area contributed by atoms with Gasteiger partial charge in [-0.1, -0.05) is 18.5 Å². The minimum absolute atomic E-state index is 0.0322. The van der Waals surface area contributed by atoms with Gasteiger partial charge in [0.05, 0.1) is 26.9 Å². The van der Waals surface area contributed by atoms with E-state index in [2.05, 4.69) is 25.9 Å².